The van der Waals surface area contributed by atoms with Crippen molar-refractivity contribution in [3.05, 3.63) is 11.3 Å². The van der Waals surface area contributed by atoms with E-state index in [1.807, 2.05) is 0 Å². The van der Waals surface area contributed by atoms with Crippen LogP contribution in [0, 0.1) is 0 Å². The molecule has 1 nitrogen and oxygen atoms in total. The predicted octanol–water partition coefficient (Wildman–Crippen LogP) is 1.73. The first kappa shape index (κ1) is 10.9. The fraction of sp³-hybridized carbons (Fsp3) is 0.778. The van der Waals surface area contributed by atoms with Gasteiger partial charge in [0.25, 0.3) is 0 Å². The third-order valence-electron chi connectivity index (χ3n) is 1.74. The molecule has 11 heavy (non-hydrogen) atoms. The number of nitrogens with zero attached hydrogens (tertiary/aromatic N) is 1. The highest BCUT2D eigenvalue weighted by Gasteiger charge is 1.96. The van der Waals surface area contributed by atoms with Gasteiger partial charge in [0.1, 0.15) is 9.68 Å². The van der Waals surface area contributed by atoms with Crippen molar-refractivity contribution in [3.8, 4) is 0 Å². The number of hydrogen-bond donors (Lipinski definition) is 0. The molecule has 0 amide bonds. The zero-order chi connectivity index (χ0) is 8.69. The molecule has 0 atom stereocenters. The summed E-state index contributed by atoms with van der Waals surface area (Å²) in [5, 5.41) is 0. The van der Waals surface area contributed by atoms with Crippen molar-refractivity contribution in [2.75, 3.05) is 13.1 Å². The predicted molar refractivity (Wildman–Crippen MR) is 55.5 cm³/mol. The summed E-state index contributed by atoms with van der Waals surface area (Å²) in [5.74, 6) is 0. The van der Waals surface area contributed by atoms with E-state index in [1.165, 1.54) is 25.1 Å². The van der Waals surface area contributed by atoms with Crippen LogP contribution < -0.4 is 0 Å². The van der Waals surface area contributed by atoms with Gasteiger partial charge < -0.3 is 4.57 Å². The third-order valence-corrected chi connectivity index (χ3v) is 4.02. The Hall–Kier alpha value is -0.0831. The lowest BCUT2D eigenvalue weighted by Gasteiger charge is -2.16. The topological polar surface area (TPSA) is 3.24 Å². The molecule has 66 valence electrons. The van der Waals surface area contributed by atoms with Gasteiger partial charge in [0.05, 0.1) is 0 Å². The maximum Gasteiger partial charge on any atom is 0.119 e. The van der Waals surface area contributed by atoms with E-state index in [0.717, 1.165) is 0 Å². The van der Waals surface area contributed by atoms with E-state index in [0.29, 0.717) is 0 Å². The van der Waals surface area contributed by atoms with Crippen LogP contribution in [-0.4, -0.2) is 27.3 Å². The first-order chi connectivity index (χ1) is 5.20. The van der Waals surface area contributed by atoms with Crippen molar-refractivity contribution in [1.29, 1.82) is 0 Å². The van der Waals surface area contributed by atoms with Gasteiger partial charge in [-0.15, -0.1) is 0 Å². The number of allylic oxidation sites excluding steroid dienone is 1. The second-order valence-electron chi connectivity index (χ2n) is 3.17. The van der Waals surface area contributed by atoms with Gasteiger partial charge >= 0.3 is 0 Å². The van der Waals surface area contributed by atoms with Crippen LogP contribution >= 0.6 is 0 Å². The van der Waals surface area contributed by atoms with Crippen LogP contribution in [0.2, 0.25) is 0 Å². The molecule has 0 fully saturated rings. The Morgan fingerprint density at radius 2 is 2.00 bits per heavy atom. The Balaban J connectivity index is 3.60. The standard InChI is InChI=1S/C9H21NSi/c1-5-7-10(6-2)11-8-9(3)4/h8H,5-7,11H2,1-4H3. The minimum Gasteiger partial charge on any atom is -0.326 e. The number of rotatable bonds is 5. The van der Waals surface area contributed by atoms with Crippen LogP contribution in [0.4, 0.5) is 0 Å². The summed E-state index contributed by atoms with van der Waals surface area (Å²) in [6, 6.07) is 0. The Morgan fingerprint density at radius 1 is 1.36 bits per heavy atom. The van der Waals surface area contributed by atoms with Crippen LogP contribution in [0.1, 0.15) is 34.1 Å². The van der Waals surface area contributed by atoms with E-state index in [1.54, 1.807) is 0 Å². The molecule has 0 aliphatic heterocycles. The van der Waals surface area contributed by atoms with E-state index >= 15 is 0 Å². The molecule has 0 heterocycles. The van der Waals surface area contributed by atoms with Crippen LogP contribution in [-0.2, 0) is 0 Å². The highest BCUT2D eigenvalue weighted by atomic mass is 28.2. The average Bonchev–Trinajstić information content (AvgIpc) is 1.97. The highest BCUT2D eigenvalue weighted by molar-refractivity contribution is 6.38. The molecule has 2 heteroatoms. The highest BCUT2D eigenvalue weighted by Crippen LogP contribution is 1.92. The van der Waals surface area contributed by atoms with Gasteiger partial charge in [-0.05, 0) is 33.4 Å². The summed E-state index contributed by atoms with van der Waals surface area (Å²) >= 11 is 0. The Kier molecular flexibility index (Phi) is 6.57. The van der Waals surface area contributed by atoms with Gasteiger partial charge in [-0.2, -0.15) is 0 Å². The van der Waals surface area contributed by atoms with E-state index in [2.05, 4.69) is 38.0 Å². The zero-order valence-electron chi connectivity index (χ0n) is 8.35. The van der Waals surface area contributed by atoms with Crippen molar-refractivity contribution in [2.24, 2.45) is 0 Å². The van der Waals surface area contributed by atoms with E-state index in [-0.39, 0.29) is 9.68 Å². The Labute approximate surface area is 73.4 Å². The molecule has 0 radical (unpaired) electrons. The molecule has 0 unspecified atom stereocenters. The summed E-state index contributed by atoms with van der Waals surface area (Å²) in [4.78, 5) is 0. The van der Waals surface area contributed by atoms with Crippen LogP contribution in [0.5, 0.6) is 0 Å². The number of hydrogen-bond acceptors (Lipinski definition) is 1. The summed E-state index contributed by atoms with van der Waals surface area (Å²) < 4.78 is 2.59. The first-order valence-corrected chi connectivity index (χ1v) is 6.01. The fourth-order valence-corrected chi connectivity index (χ4v) is 2.39. The molecule has 0 aromatic carbocycles. The molecule has 0 aliphatic rings. The molecular weight excluding hydrogens is 150 g/mol. The minimum atomic E-state index is -0.0619. The van der Waals surface area contributed by atoms with E-state index in [9.17, 15) is 0 Å². The average molecular weight is 171 g/mol. The van der Waals surface area contributed by atoms with Crippen LogP contribution in [0.15, 0.2) is 11.3 Å². The fourth-order valence-electron chi connectivity index (χ4n) is 1.01. The van der Waals surface area contributed by atoms with Gasteiger partial charge in [0, 0.05) is 0 Å². The minimum absolute atomic E-state index is 0.0619. The Morgan fingerprint density at radius 3 is 2.36 bits per heavy atom. The van der Waals surface area contributed by atoms with Gasteiger partial charge in [-0.25, -0.2) is 0 Å². The summed E-state index contributed by atoms with van der Waals surface area (Å²) in [6.45, 7) is 11.4. The van der Waals surface area contributed by atoms with Gasteiger partial charge in [-0.3, -0.25) is 0 Å². The first-order valence-electron chi connectivity index (χ1n) is 4.56. The van der Waals surface area contributed by atoms with Gasteiger partial charge in [0.15, 0.2) is 0 Å². The normalized spacial score (nSPS) is 11.4. The zero-order valence-corrected chi connectivity index (χ0v) is 9.77. The molecule has 0 saturated carbocycles. The second-order valence-corrected chi connectivity index (χ2v) is 4.84. The molecule has 0 saturated heterocycles. The van der Waals surface area contributed by atoms with Crippen molar-refractivity contribution in [3.63, 3.8) is 0 Å². The van der Waals surface area contributed by atoms with Crippen molar-refractivity contribution < 1.29 is 0 Å². The molecule has 0 N–H and O–H groups in total. The molecule has 0 bridgehead atoms. The second kappa shape index (κ2) is 6.62. The SMILES string of the molecule is CCCN(CC)[SiH2]C=C(C)C. The van der Waals surface area contributed by atoms with Gasteiger partial charge in [0.2, 0.25) is 0 Å². The molecule has 0 rings (SSSR count). The lowest BCUT2D eigenvalue weighted by atomic mass is 10.4. The van der Waals surface area contributed by atoms with E-state index < -0.39 is 0 Å². The summed E-state index contributed by atoms with van der Waals surface area (Å²) in [7, 11) is -0.0619. The smallest absolute Gasteiger partial charge is 0.119 e. The summed E-state index contributed by atoms with van der Waals surface area (Å²) in [6.07, 6.45) is 1.29. The monoisotopic (exact) mass is 171 g/mol. The third kappa shape index (κ3) is 6.32. The quantitative estimate of drug-likeness (QED) is 0.569. The maximum absolute atomic E-state index is 2.59. The molecule has 0 aromatic heterocycles. The largest absolute Gasteiger partial charge is 0.326 e. The Bertz CT molecular complexity index is 117. The molecule has 0 spiro atoms. The molecule has 0 aliphatic carbocycles. The van der Waals surface area contributed by atoms with Crippen molar-refractivity contribution in [1.82, 2.24) is 4.57 Å². The molecular formula is C9H21NSi. The summed E-state index contributed by atoms with van der Waals surface area (Å²) in [5.41, 5.74) is 3.91. The maximum atomic E-state index is 2.59. The van der Waals surface area contributed by atoms with Gasteiger partial charge in [-0.1, -0.05) is 25.1 Å². The van der Waals surface area contributed by atoms with Crippen LogP contribution in [0.3, 0.4) is 0 Å². The lowest BCUT2D eigenvalue weighted by molar-refractivity contribution is 0.469. The van der Waals surface area contributed by atoms with Crippen molar-refractivity contribution in [2.45, 2.75) is 34.1 Å². The molecule has 0 aromatic rings. The van der Waals surface area contributed by atoms with Crippen LogP contribution in [0.25, 0.3) is 0 Å². The lowest BCUT2D eigenvalue weighted by Crippen LogP contribution is -2.27. The van der Waals surface area contributed by atoms with Crippen molar-refractivity contribution >= 4 is 9.68 Å². The van der Waals surface area contributed by atoms with E-state index in [4.69, 9.17) is 0 Å².